The second-order valence-electron chi connectivity index (χ2n) is 5.60. The van der Waals surface area contributed by atoms with Crippen molar-refractivity contribution in [1.82, 2.24) is 20.1 Å². The molecule has 104 valence electrons. The first-order valence-electron chi connectivity index (χ1n) is 6.88. The van der Waals surface area contributed by atoms with E-state index in [4.69, 9.17) is 0 Å². The highest BCUT2D eigenvalue weighted by Gasteiger charge is 2.35. The van der Waals surface area contributed by atoms with Crippen molar-refractivity contribution in [2.24, 2.45) is 0 Å². The van der Waals surface area contributed by atoms with Gasteiger partial charge in [-0.15, -0.1) is 0 Å². The molecular weight excluding hydrogens is 252 g/mol. The third-order valence-corrected chi connectivity index (χ3v) is 4.04. The molecule has 0 aliphatic carbocycles. The molecule has 1 N–H and O–H groups in total. The van der Waals surface area contributed by atoms with Crippen LogP contribution in [0.4, 0.5) is 0 Å². The highest BCUT2D eigenvalue weighted by atomic mass is 16.2. The molecule has 0 bridgehead atoms. The zero-order chi connectivity index (χ0) is 14.0. The van der Waals surface area contributed by atoms with E-state index >= 15 is 0 Å². The standard InChI is InChI=1S/C15H18N4O/c1-15(13-5-8-17-18-13)6-3-9-19(11-15)14(20)12-4-2-7-16-10-12/h2,4-5,7-8,10H,3,6,9,11H2,1H3,(H,17,18). The maximum Gasteiger partial charge on any atom is 0.255 e. The summed E-state index contributed by atoms with van der Waals surface area (Å²) in [7, 11) is 0. The van der Waals surface area contributed by atoms with Gasteiger partial charge < -0.3 is 4.90 Å². The number of nitrogens with one attached hydrogen (secondary N) is 1. The maximum absolute atomic E-state index is 12.5. The normalized spacial score (nSPS) is 22.8. The van der Waals surface area contributed by atoms with Gasteiger partial charge in [0.2, 0.25) is 0 Å². The van der Waals surface area contributed by atoms with Crippen molar-refractivity contribution in [3.8, 4) is 0 Å². The van der Waals surface area contributed by atoms with Gasteiger partial charge in [-0.05, 0) is 31.0 Å². The van der Waals surface area contributed by atoms with E-state index in [1.165, 1.54) is 0 Å². The second kappa shape index (κ2) is 5.07. The van der Waals surface area contributed by atoms with Crippen LogP contribution >= 0.6 is 0 Å². The van der Waals surface area contributed by atoms with E-state index in [2.05, 4.69) is 22.1 Å². The van der Waals surface area contributed by atoms with Crippen molar-refractivity contribution < 1.29 is 4.79 Å². The predicted octanol–water partition coefficient (Wildman–Crippen LogP) is 2.00. The Morgan fingerprint density at radius 2 is 2.30 bits per heavy atom. The molecule has 1 fully saturated rings. The number of carbonyl (C=O) groups is 1. The molecule has 3 heterocycles. The van der Waals surface area contributed by atoms with Gasteiger partial charge in [0.15, 0.2) is 0 Å². The zero-order valence-electron chi connectivity index (χ0n) is 11.5. The molecule has 0 aromatic carbocycles. The van der Waals surface area contributed by atoms with Crippen LogP contribution in [0.3, 0.4) is 0 Å². The van der Waals surface area contributed by atoms with Gasteiger partial charge in [-0.1, -0.05) is 6.92 Å². The minimum absolute atomic E-state index is 0.0490. The molecule has 1 unspecified atom stereocenters. The number of aromatic amines is 1. The average molecular weight is 270 g/mol. The Balaban J connectivity index is 1.81. The maximum atomic E-state index is 12.5. The van der Waals surface area contributed by atoms with Crippen molar-refractivity contribution in [3.63, 3.8) is 0 Å². The number of piperidine rings is 1. The Morgan fingerprint density at radius 1 is 1.40 bits per heavy atom. The molecule has 1 saturated heterocycles. The Labute approximate surface area is 118 Å². The summed E-state index contributed by atoms with van der Waals surface area (Å²) >= 11 is 0. The quantitative estimate of drug-likeness (QED) is 0.908. The number of rotatable bonds is 2. The van der Waals surface area contributed by atoms with Crippen LogP contribution in [0.5, 0.6) is 0 Å². The predicted molar refractivity (Wildman–Crippen MR) is 75.3 cm³/mol. The third-order valence-electron chi connectivity index (χ3n) is 4.04. The lowest BCUT2D eigenvalue weighted by Crippen LogP contribution is -2.47. The van der Waals surface area contributed by atoms with Crippen LogP contribution in [0, 0.1) is 0 Å². The number of pyridine rings is 1. The van der Waals surface area contributed by atoms with Crippen molar-refractivity contribution >= 4 is 5.91 Å². The van der Waals surface area contributed by atoms with E-state index in [9.17, 15) is 4.79 Å². The van der Waals surface area contributed by atoms with Crippen LogP contribution in [0.25, 0.3) is 0 Å². The molecule has 2 aromatic rings. The highest BCUT2D eigenvalue weighted by Crippen LogP contribution is 2.32. The van der Waals surface area contributed by atoms with E-state index in [1.807, 2.05) is 17.0 Å². The Hall–Kier alpha value is -2.17. The van der Waals surface area contributed by atoms with Gasteiger partial charge in [-0.2, -0.15) is 5.10 Å². The fourth-order valence-corrected chi connectivity index (χ4v) is 2.90. The largest absolute Gasteiger partial charge is 0.338 e. The summed E-state index contributed by atoms with van der Waals surface area (Å²) in [6, 6.07) is 5.61. The second-order valence-corrected chi connectivity index (χ2v) is 5.60. The number of H-pyrrole nitrogens is 1. The smallest absolute Gasteiger partial charge is 0.255 e. The summed E-state index contributed by atoms with van der Waals surface area (Å²) in [5, 5.41) is 7.08. The number of hydrogen-bond donors (Lipinski definition) is 1. The SMILES string of the molecule is CC1(c2ccn[nH]2)CCCN(C(=O)c2cccnc2)C1. The number of carbonyl (C=O) groups excluding carboxylic acids is 1. The summed E-state index contributed by atoms with van der Waals surface area (Å²) in [6.45, 7) is 3.70. The van der Waals surface area contributed by atoms with E-state index in [-0.39, 0.29) is 11.3 Å². The Kier molecular flexibility index (Phi) is 3.26. The first-order valence-corrected chi connectivity index (χ1v) is 6.88. The van der Waals surface area contributed by atoms with Crippen LogP contribution in [0.2, 0.25) is 0 Å². The summed E-state index contributed by atoms with van der Waals surface area (Å²) in [5.41, 5.74) is 1.70. The van der Waals surface area contributed by atoms with Gasteiger partial charge in [0, 0.05) is 42.8 Å². The lowest BCUT2D eigenvalue weighted by Gasteiger charge is -2.39. The molecule has 5 nitrogen and oxygen atoms in total. The van der Waals surface area contributed by atoms with Gasteiger partial charge in [-0.3, -0.25) is 14.9 Å². The number of hydrogen-bond acceptors (Lipinski definition) is 3. The lowest BCUT2D eigenvalue weighted by atomic mass is 9.79. The van der Waals surface area contributed by atoms with Crippen LogP contribution in [-0.2, 0) is 5.41 Å². The monoisotopic (exact) mass is 270 g/mol. The molecule has 1 amide bonds. The summed E-state index contributed by atoms with van der Waals surface area (Å²) in [4.78, 5) is 18.5. The van der Waals surface area contributed by atoms with Crippen molar-refractivity contribution in [1.29, 1.82) is 0 Å². The third kappa shape index (κ3) is 2.31. The molecule has 1 aliphatic heterocycles. The molecule has 2 aromatic heterocycles. The molecule has 0 saturated carbocycles. The lowest BCUT2D eigenvalue weighted by molar-refractivity contribution is 0.0647. The van der Waals surface area contributed by atoms with Crippen molar-refractivity contribution in [2.45, 2.75) is 25.2 Å². The molecule has 1 aliphatic rings. The van der Waals surface area contributed by atoms with Crippen molar-refractivity contribution in [2.75, 3.05) is 13.1 Å². The first-order chi connectivity index (χ1) is 9.69. The van der Waals surface area contributed by atoms with Crippen molar-refractivity contribution in [3.05, 3.63) is 48.0 Å². The fourth-order valence-electron chi connectivity index (χ4n) is 2.90. The van der Waals surface area contributed by atoms with Crippen LogP contribution in [0.1, 0.15) is 35.8 Å². The average Bonchev–Trinajstić information content (AvgIpc) is 3.02. The van der Waals surface area contributed by atoms with Gasteiger partial charge in [0.1, 0.15) is 0 Å². The molecule has 3 rings (SSSR count). The molecule has 0 radical (unpaired) electrons. The molecule has 0 spiro atoms. The van der Waals surface area contributed by atoms with Crippen LogP contribution in [0.15, 0.2) is 36.8 Å². The number of nitrogens with zero attached hydrogens (tertiary/aromatic N) is 3. The van der Waals surface area contributed by atoms with E-state index in [0.717, 1.165) is 25.1 Å². The summed E-state index contributed by atoms with van der Waals surface area (Å²) in [5.74, 6) is 0.0588. The van der Waals surface area contributed by atoms with Gasteiger partial charge in [0.25, 0.3) is 5.91 Å². The van der Waals surface area contributed by atoms with Crippen LogP contribution in [-0.4, -0.2) is 39.1 Å². The topological polar surface area (TPSA) is 61.9 Å². The van der Waals surface area contributed by atoms with Crippen LogP contribution < -0.4 is 0 Å². The summed E-state index contributed by atoms with van der Waals surface area (Å²) < 4.78 is 0. The minimum Gasteiger partial charge on any atom is -0.338 e. The number of amides is 1. The molecule has 1 atom stereocenters. The first kappa shape index (κ1) is 12.8. The molecule has 5 heteroatoms. The fraction of sp³-hybridized carbons (Fsp3) is 0.400. The van der Waals surface area contributed by atoms with E-state index in [0.29, 0.717) is 12.1 Å². The van der Waals surface area contributed by atoms with E-state index < -0.39 is 0 Å². The highest BCUT2D eigenvalue weighted by molar-refractivity contribution is 5.94. The molecular formula is C15H18N4O. The Morgan fingerprint density at radius 3 is 3.00 bits per heavy atom. The van der Waals surface area contributed by atoms with Gasteiger partial charge in [-0.25, -0.2) is 0 Å². The minimum atomic E-state index is -0.0490. The number of likely N-dealkylation sites (tertiary alicyclic amines) is 1. The number of aromatic nitrogens is 3. The van der Waals surface area contributed by atoms with Gasteiger partial charge in [0.05, 0.1) is 5.56 Å². The van der Waals surface area contributed by atoms with E-state index in [1.54, 1.807) is 24.7 Å². The van der Waals surface area contributed by atoms with Gasteiger partial charge >= 0.3 is 0 Å². The summed E-state index contributed by atoms with van der Waals surface area (Å²) in [6.07, 6.45) is 7.14. The zero-order valence-corrected chi connectivity index (χ0v) is 11.5. The Bertz CT molecular complexity index is 581. The molecule has 20 heavy (non-hydrogen) atoms.